The second-order valence-electron chi connectivity index (χ2n) is 7.75. The smallest absolute Gasteiger partial charge is 0.303 e. The number of piperidine rings is 1. The van der Waals surface area contributed by atoms with Crippen molar-refractivity contribution in [1.82, 2.24) is 4.90 Å². The Hall–Kier alpha value is -2.50. The topological polar surface area (TPSA) is 76.1 Å². The van der Waals surface area contributed by atoms with Gasteiger partial charge in [0.25, 0.3) is 0 Å². The van der Waals surface area contributed by atoms with Gasteiger partial charge in [-0.3, -0.25) is 9.59 Å². The molecule has 2 bridgehead atoms. The van der Waals surface area contributed by atoms with Crippen molar-refractivity contribution in [3.8, 4) is 11.5 Å². The quantitative estimate of drug-likeness (QED) is 0.613. The van der Waals surface area contributed by atoms with Crippen molar-refractivity contribution in [3.63, 3.8) is 0 Å². The number of ether oxygens (including phenoxy) is 2. The predicted molar refractivity (Wildman–Crippen MR) is 91.9 cm³/mol. The third-order valence-corrected chi connectivity index (χ3v) is 6.56. The van der Waals surface area contributed by atoms with Crippen LogP contribution in [0.3, 0.4) is 0 Å². The number of esters is 1. The molecule has 1 aromatic carbocycles. The van der Waals surface area contributed by atoms with Gasteiger partial charge in [-0.2, -0.15) is 0 Å². The molecule has 1 fully saturated rings. The molecule has 26 heavy (non-hydrogen) atoms. The van der Waals surface area contributed by atoms with E-state index in [1.165, 1.54) is 6.92 Å². The SMILES string of the molecule is CC(=O)O[C@H]1C=CC2[C@H]3Cc4ccc(O)c5c4[C@@]2(CCN3C(C)=O)[C@H]1O5. The Balaban J connectivity index is 1.73. The zero-order valence-corrected chi connectivity index (χ0v) is 14.8. The van der Waals surface area contributed by atoms with Gasteiger partial charge in [0.15, 0.2) is 17.6 Å². The summed E-state index contributed by atoms with van der Waals surface area (Å²) in [5.41, 5.74) is 1.80. The Kier molecular flexibility index (Phi) is 3.04. The van der Waals surface area contributed by atoms with E-state index in [4.69, 9.17) is 9.47 Å². The van der Waals surface area contributed by atoms with Gasteiger partial charge in [0.05, 0.1) is 5.41 Å². The van der Waals surface area contributed by atoms with Crippen molar-refractivity contribution < 1.29 is 24.2 Å². The molecule has 2 heterocycles. The third-order valence-electron chi connectivity index (χ3n) is 6.56. The monoisotopic (exact) mass is 355 g/mol. The zero-order chi connectivity index (χ0) is 18.2. The normalized spacial score (nSPS) is 35.5. The van der Waals surface area contributed by atoms with Gasteiger partial charge in [-0.05, 0) is 30.5 Å². The Bertz CT molecular complexity index is 862. The highest BCUT2D eigenvalue weighted by Gasteiger charge is 2.65. The number of nitrogens with zero attached hydrogens (tertiary/aromatic N) is 1. The summed E-state index contributed by atoms with van der Waals surface area (Å²) >= 11 is 0. The Morgan fingerprint density at radius 1 is 1.31 bits per heavy atom. The van der Waals surface area contributed by atoms with Crippen LogP contribution in [0, 0.1) is 5.92 Å². The maximum absolute atomic E-state index is 12.2. The van der Waals surface area contributed by atoms with Crippen LogP contribution >= 0.6 is 0 Å². The lowest BCUT2D eigenvalue weighted by Crippen LogP contribution is -2.66. The first-order valence-corrected chi connectivity index (χ1v) is 9.08. The minimum atomic E-state index is -0.494. The largest absolute Gasteiger partial charge is 0.504 e. The molecule has 6 nitrogen and oxygen atoms in total. The molecule has 1 unspecified atom stereocenters. The van der Waals surface area contributed by atoms with Crippen LogP contribution in [-0.2, 0) is 26.2 Å². The number of benzene rings is 1. The van der Waals surface area contributed by atoms with Crippen molar-refractivity contribution >= 4 is 11.9 Å². The summed E-state index contributed by atoms with van der Waals surface area (Å²) in [6, 6.07) is 3.66. The highest BCUT2D eigenvalue weighted by molar-refractivity contribution is 5.75. The number of carbonyl (C=O) groups excluding carboxylic acids is 2. The van der Waals surface area contributed by atoms with Crippen molar-refractivity contribution in [2.75, 3.05) is 6.54 Å². The van der Waals surface area contributed by atoms with E-state index in [9.17, 15) is 14.7 Å². The van der Waals surface area contributed by atoms with Crippen LogP contribution < -0.4 is 4.74 Å². The van der Waals surface area contributed by atoms with E-state index in [0.717, 1.165) is 24.0 Å². The fourth-order valence-corrected chi connectivity index (χ4v) is 5.72. The van der Waals surface area contributed by atoms with Gasteiger partial charge in [0, 0.05) is 37.9 Å². The fraction of sp³-hybridized carbons (Fsp3) is 0.500. The minimum absolute atomic E-state index is 0.0601. The second-order valence-corrected chi connectivity index (χ2v) is 7.75. The van der Waals surface area contributed by atoms with Gasteiger partial charge >= 0.3 is 5.97 Å². The molecule has 0 aromatic heterocycles. The fourth-order valence-electron chi connectivity index (χ4n) is 5.72. The summed E-state index contributed by atoms with van der Waals surface area (Å²) in [5.74, 6) is 0.464. The molecule has 1 spiro atoms. The van der Waals surface area contributed by atoms with E-state index in [1.54, 1.807) is 13.0 Å². The second kappa shape index (κ2) is 5.02. The molecule has 1 amide bonds. The van der Waals surface area contributed by atoms with Gasteiger partial charge in [0.1, 0.15) is 6.10 Å². The number of phenolic OH excluding ortho intramolecular Hbond substituents is 1. The van der Waals surface area contributed by atoms with Gasteiger partial charge in [-0.25, -0.2) is 0 Å². The molecule has 1 aromatic rings. The number of carbonyl (C=O) groups is 2. The molecule has 5 rings (SSSR count). The van der Waals surface area contributed by atoms with Gasteiger partial charge in [0.2, 0.25) is 5.91 Å². The van der Waals surface area contributed by atoms with Gasteiger partial charge in [-0.1, -0.05) is 12.1 Å². The summed E-state index contributed by atoms with van der Waals surface area (Å²) in [4.78, 5) is 25.8. The maximum atomic E-state index is 12.2. The molecule has 5 atom stereocenters. The van der Waals surface area contributed by atoms with E-state index < -0.39 is 6.10 Å². The molecule has 2 aliphatic heterocycles. The number of phenols is 1. The minimum Gasteiger partial charge on any atom is -0.504 e. The van der Waals surface area contributed by atoms with E-state index in [0.29, 0.717) is 12.3 Å². The number of amides is 1. The highest BCUT2D eigenvalue weighted by atomic mass is 16.6. The first kappa shape index (κ1) is 15.7. The van der Waals surface area contributed by atoms with Crippen LogP contribution in [-0.4, -0.2) is 46.7 Å². The number of hydrogen-bond donors (Lipinski definition) is 1. The highest BCUT2D eigenvalue weighted by Crippen LogP contribution is 2.62. The summed E-state index contributed by atoms with van der Waals surface area (Å²) in [5, 5.41) is 10.4. The van der Waals surface area contributed by atoms with Crippen molar-refractivity contribution in [1.29, 1.82) is 0 Å². The molecule has 2 aliphatic carbocycles. The first-order chi connectivity index (χ1) is 12.4. The van der Waals surface area contributed by atoms with Gasteiger partial charge < -0.3 is 19.5 Å². The lowest BCUT2D eigenvalue weighted by molar-refractivity contribution is -0.153. The van der Waals surface area contributed by atoms with Crippen molar-refractivity contribution in [2.45, 2.75) is 50.4 Å². The Labute approximate surface area is 151 Å². The number of hydrogen-bond acceptors (Lipinski definition) is 5. The summed E-state index contributed by atoms with van der Waals surface area (Å²) in [7, 11) is 0. The molecule has 0 radical (unpaired) electrons. The van der Waals surface area contributed by atoms with E-state index in [2.05, 4.69) is 6.08 Å². The molecule has 1 saturated heterocycles. The standard InChI is InChI=1S/C20H21NO5/c1-10(22)21-8-7-20-13-4-6-16(25-11(2)23)19(20)26-18-15(24)5-3-12(17(18)20)9-14(13)21/h3-6,13-14,16,19,24H,7-9H2,1-2H3/t13?,14-,16+,19+,20+/m1/s1. The first-order valence-electron chi connectivity index (χ1n) is 9.08. The van der Waals surface area contributed by atoms with Crippen LogP contribution in [0.4, 0.5) is 0 Å². The van der Waals surface area contributed by atoms with Crippen molar-refractivity contribution in [3.05, 3.63) is 35.4 Å². The van der Waals surface area contributed by atoms with Crippen LogP contribution in [0.1, 0.15) is 31.4 Å². The lowest BCUT2D eigenvalue weighted by atomic mass is 9.53. The molecular formula is C20H21NO5. The molecule has 6 heteroatoms. The summed E-state index contributed by atoms with van der Waals surface area (Å²) in [6.45, 7) is 3.66. The molecule has 1 N–H and O–H groups in total. The van der Waals surface area contributed by atoms with Crippen LogP contribution in [0.25, 0.3) is 0 Å². The van der Waals surface area contributed by atoms with E-state index in [1.807, 2.05) is 17.0 Å². The van der Waals surface area contributed by atoms with E-state index >= 15 is 0 Å². The number of aromatic hydroxyl groups is 1. The average Bonchev–Trinajstić information content (AvgIpc) is 2.92. The Morgan fingerprint density at radius 3 is 2.85 bits per heavy atom. The third kappa shape index (κ3) is 1.77. The number of likely N-dealkylation sites (tertiary alicyclic amines) is 1. The zero-order valence-electron chi connectivity index (χ0n) is 14.8. The number of rotatable bonds is 1. The van der Waals surface area contributed by atoms with Crippen molar-refractivity contribution in [2.24, 2.45) is 5.92 Å². The lowest BCUT2D eigenvalue weighted by Gasteiger charge is -2.57. The summed E-state index contributed by atoms with van der Waals surface area (Å²) in [6.07, 6.45) is 4.58. The van der Waals surface area contributed by atoms with E-state index in [-0.39, 0.29) is 41.1 Å². The molecule has 0 saturated carbocycles. The average molecular weight is 355 g/mol. The molecule has 136 valence electrons. The summed E-state index contributed by atoms with van der Waals surface area (Å²) < 4.78 is 11.8. The van der Waals surface area contributed by atoms with Crippen LogP contribution in [0.5, 0.6) is 11.5 Å². The van der Waals surface area contributed by atoms with Gasteiger partial charge in [-0.15, -0.1) is 0 Å². The van der Waals surface area contributed by atoms with Crippen LogP contribution in [0.2, 0.25) is 0 Å². The van der Waals surface area contributed by atoms with Crippen LogP contribution in [0.15, 0.2) is 24.3 Å². The molecular weight excluding hydrogens is 334 g/mol. The Morgan fingerprint density at radius 2 is 2.12 bits per heavy atom. The molecule has 4 aliphatic rings. The predicted octanol–water partition coefficient (Wildman–Crippen LogP) is 1.69. The maximum Gasteiger partial charge on any atom is 0.303 e.